The lowest BCUT2D eigenvalue weighted by atomic mass is 10.2. The molecule has 1 aromatic heterocycles. The van der Waals surface area contributed by atoms with E-state index in [0.717, 1.165) is 32.1 Å². The summed E-state index contributed by atoms with van der Waals surface area (Å²) in [4.78, 5) is 19.5. The van der Waals surface area contributed by atoms with Crippen LogP contribution in [0.5, 0.6) is 0 Å². The molecule has 0 unspecified atom stereocenters. The number of hydrogen-bond donors (Lipinski definition) is 2. The molecule has 3 N–H and O–H groups in total. The Morgan fingerprint density at radius 1 is 1.33 bits per heavy atom. The topological polar surface area (TPSA) is 65.4 Å². The maximum atomic E-state index is 12.2. The van der Waals surface area contributed by atoms with E-state index < -0.39 is 0 Å². The lowest BCUT2D eigenvalue weighted by molar-refractivity contribution is 0.0627. The van der Waals surface area contributed by atoms with Crippen molar-refractivity contribution in [1.29, 1.82) is 0 Å². The van der Waals surface area contributed by atoms with Gasteiger partial charge in [0.15, 0.2) is 0 Å². The zero-order valence-corrected chi connectivity index (χ0v) is 10.6. The SMILES string of the molecule is Nc1c[nH]c(C(=O)N2CCN(CC3CC3)CC2)c1. The summed E-state index contributed by atoms with van der Waals surface area (Å²) in [6, 6.07) is 1.71. The number of H-pyrrole nitrogens is 1. The number of anilines is 1. The minimum absolute atomic E-state index is 0.0674. The van der Waals surface area contributed by atoms with Crippen LogP contribution in [-0.4, -0.2) is 53.4 Å². The largest absolute Gasteiger partial charge is 0.397 e. The molecule has 5 heteroatoms. The van der Waals surface area contributed by atoms with Crippen molar-refractivity contribution in [3.05, 3.63) is 18.0 Å². The van der Waals surface area contributed by atoms with Crippen LogP contribution >= 0.6 is 0 Å². The van der Waals surface area contributed by atoms with Crippen molar-refractivity contribution in [2.24, 2.45) is 5.92 Å². The third-order valence-corrected chi connectivity index (χ3v) is 3.81. The molecule has 2 fully saturated rings. The molecule has 1 aliphatic carbocycles. The standard InChI is InChI=1S/C13H20N4O/c14-11-7-12(15-8-11)13(18)17-5-3-16(4-6-17)9-10-1-2-10/h7-8,10,15H,1-6,9,14H2. The average Bonchev–Trinajstić information content (AvgIpc) is 3.09. The van der Waals surface area contributed by atoms with Gasteiger partial charge in [0, 0.05) is 44.6 Å². The summed E-state index contributed by atoms with van der Waals surface area (Å²) < 4.78 is 0. The highest BCUT2D eigenvalue weighted by atomic mass is 16.2. The first-order valence-corrected chi connectivity index (χ1v) is 6.68. The van der Waals surface area contributed by atoms with Crippen molar-refractivity contribution in [2.45, 2.75) is 12.8 Å². The summed E-state index contributed by atoms with van der Waals surface area (Å²) in [7, 11) is 0. The van der Waals surface area contributed by atoms with Crippen LogP contribution in [0.1, 0.15) is 23.3 Å². The van der Waals surface area contributed by atoms with E-state index in [1.807, 2.05) is 4.90 Å². The molecule has 0 atom stereocenters. The average molecular weight is 248 g/mol. The second-order valence-electron chi connectivity index (χ2n) is 5.38. The number of nitrogens with two attached hydrogens (primary N) is 1. The number of carbonyl (C=O) groups is 1. The second kappa shape index (κ2) is 4.65. The highest BCUT2D eigenvalue weighted by Crippen LogP contribution is 2.29. The fraction of sp³-hybridized carbons (Fsp3) is 0.615. The normalized spacial score (nSPS) is 21.2. The zero-order chi connectivity index (χ0) is 12.5. The number of nitrogens with zero attached hydrogens (tertiary/aromatic N) is 2. The van der Waals surface area contributed by atoms with Gasteiger partial charge in [0.25, 0.3) is 5.91 Å². The maximum Gasteiger partial charge on any atom is 0.270 e. The third kappa shape index (κ3) is 2.51. The second-order valence-corrected chi connectivity index (χ2v) is 5.38. The van der Waals surface area contributed by atoms with Crippen molar-refractivity contribution in [3.63, 3.8) is 0 Å². The van der Waals surface area contributed by atoms with E-state index in [-0.39, 0.29) is 5.91 Å². The van der Waals surface area contributed by atoms with Gasteiger partial charge in [-0.25, -0.2) is 0 Å². The van der Waals surface area contributed by atoms with Gasteiger partial charge in [-0.15, -0.1) is 0 Å². The minimum Gasteiger partial charge on any atom is -0.397 e. The van der Waals surface area contributed by atoms with Gasteiger partial charge in [0.1, 0.15) is 5.69 Å². The fourth-order valence-corrected chi connectivity index (χ4v) is 2.50. The molecule has 1 aliphatic heterocycles. The molecule has 2 heterocycles. The van der Waals surface area contributed by atoms with Gasteiger partial charge in [-0.2, -0.15) is 0 Å². The van der Waals surface area contributed by atoms with Crippen LogP contribution < -0.4 is 5.73 Å². The number of carbonyl (C=O) groups excluding carboxylic acids is 1. The number of aromatic nitrogens is 1. The molecule has 1 saturated heterocycles. The van der Waals surface area contributed by atoms with E-state index in [2.05, 4.69) is 9.88 Å². The van der Waals surface area contributed by atoms with Gasteiger partial charge in [0.05, 0.1) is 0 Å². The molecule has 2 aliphatic rings. The summed E-state index contributed by atoms with van der Waals surface area (Å²) in [5.74, 6) is 0.994. The lowest BCUT2D eigenvalue weighted by Gasteiger charge is -2.34. The Labute approximate surface area is 107 Å². The first-order valence-electron chi connectivity index (χ1n) is 6.68. The van der Waals surface area contributed by atoms with Gasteiger partial charge in [-0.3, -0.25) is 9.69 Å². The van der Waals surface area contributed by atoms with Crippen LogP contribution in [0.4, 0.5) is 5.69 Å². The highest BCUT2D eigenvalue weighted by Gasteiger charge is 2.28. The summed E-state index contributed by atoms with van der Waals surface area (Å²) in [5, 5.41) is 0. The zero-order valence-electron chi connectivity index (χ0n) is 10.6. The van der Waals surface area contributed by atoms with Crippen LogP contribution in [-0.2, 0) is 0 Å². The van der Waals surface area contributed by atoms with Crippen molar-refractivity contribution in [2.75, 3.05) is 38.5 Å². The van der Waals surface area contributed by atoms with E-state index in [9.17, 15) is 4.79 Å². The number of aromatic amines is 1. The van der Waals surface area contributed by atoms with E-state index in [0.29, 0.717) is 11.4 Å². The molecule has 1 aromatic rings. The van der Waals surface area contributed by atoms with Crippen molar-refractivity contribution in [1.82, 2.24) is 14.8 Å². The molecule has 0 bridgehead atoms. The minimum atomic E-state index is 0.0674. The molecule has 1 saturated carbocycles. The monoisotopic (exact) mass is 248 g/mol. The van der Waals surface area contributed by atoms with Gasteiger partial charge in [-0.1, -0.05) is 0 Å². The summed E-state index contributed by atoms with van der Waals surface area (Å²) in [6.07, 6.45) is 4.44. The van der Waals surface area contributed by atoms with Crippen LogP contribution in [0.2, 0.25) is 0 Å². The van der Waals surface area contributed by atoms with Crippen LogP contribution in [0.25, 0.3) is 0 Å². The van der Waals surface area contributed by atoms with Crippen LogP contribution in [0.3, 0.4) is 0 Å². The van der Waals surface area contributed by atoms with Crippen LogP contribution in [0, 0.1) is 5.92 Å². The number of amides is 1. The Bertz CT molecular complexity index is 430. The van der Waals surface area contributed by atoms with Gasteiger partial charge in [0.2, 0.25) is 0 Å². The Morgan fingerprint density at radius 2 is 2.06 bits per heavy atom. The summed E-state index contributed by atoms with van der Waals surface area (Å²) in [6.45, 7) is 4.86. The molecule has 3 rings (SSSR count). The van der Waals surface area contributed by atoms with Crippen LogP contribution in [0.15, 0.2) is 12.3 Å². The Hall–Kier alpha value is -1.49. The first-order chi connectivity index (χ1) is 8.72. The Morgan fingerprint density at radius 3 is 2.61 bits per heavy atom. The van der Waals surface area contributed by atoms with E-state index >= 15 is 0 Å². The molecule has 1 amide bonds. The maximum absolute atomic E-state index is 12.2. The molecular formula is C13H20N4O. The molecule has 0 radical (unpaired) electrons. The highest BCUT2D eigenvalue weighted by molar-refractivity contribution is 5.93. The quantitative estimate of drug-likeness (QED) is 0.830. The Kier molecular flexibility index (Phi) is 2.99. The van der Waals surface area contributed by atoms with Crippen molar-refractivity contribution < 1.29 is 4.79 Å². The van der Waals surface area contributed by atoms with E-state index in [1.54, 1.807) is 12.3 Å². The molecule has 5 nitrogen and oxygen atoms in total. The Balaban J connectivity index is 1.53. The van der Waals surface area contributed by atoms with E-state index in [4.69, 9.17) is 5.73 Å². The molecule has 98 valence electrons. The predicted octanol–water partition coefficient (Wildman–Crippen LogP) is 0.765. The number of rotatable bonds is 3. The molecule has 0 aromatic carbocycles. The third-order valence-electron chi connectivity index (χ3n) is 3.81. The molecule has 18 heavy (non-hydrogen) atoms. The van der Waals surface area contributed by atoms with Gasteiger partial charge >= 0.3 is 0 Å². The van der Waals surface area contributed by atoms with E-state index in [1.165, 1.54) is 19.4 Å². The number of hydrogen-bond acceptors (Lipinski definition) is 3. The lowest BCUT2D eigenvalue weighted by Crippen LogP contribution is -2.49. The number of nitrogen functional groups attached to an aromatic ring is 1. The molecular weight excluding hydrogens is 228 g/mol. The predicted molar refractivity (Wildman–Crippen MR) is 70.3 cm³/mol. The fourth-order valence-electron chi connectivity index (χ4n) is 2.50. The van der Waals surface area contributed by atoms with Gasteiger partial charge in [-0.05, 0) is 24.8 Å². The van der Waals surface area contributed by atoms with Gasteiger partial charge < -0.3 is 15.6 Å². The smallest absolute Gasteiger partial charge is 0.270 e. The summed E-state index contributed by atoms with van der Waals surface area (Å²) in [5.41, 5.74) is 6.84. The van der Waals surface area contributed by atoms with Crippen molar-refractivity contribution in [3.8, 4) is 0 Å². The molecule has 0 spiro atoms. The summed E-state index contributed by atoms with van der Waals surface area (Å²) >= 11 is 0. The number of piperazine rings is 1. The first kappa shape index (κ1) is 11.6. The van der Waals surface area contributed by atoms with Crippen molar-refractivity contribution >= 4 is 11.6 Å². The number of nitrogens with one attached hydrogen (secondary N) is 1.